The van der Waals surface area contributed by atoms with Gasteiger partial charge >= 0.3 is 6.18 Å². The molecular weight excluding hydrogens is 593 g/mol. The van der Waals surface area contributed by atoms with Crippen LogP contribution in [0.3, 0.4) is 0 Å². The molecular formula is C28H26ClF3N6O3S. The first-order chi connectivity index (χ1) is 19.8. The Morgan fingerprint density at radius 2 is 1.83 bits per heavy atom. The van der Waals surface area contributed by atoms with E-state index in [1.165, 1.54) is 22.7 Å². The molecule has 5 aromatic rings. The van der Waals surface area contributed by atoms with Crippen LogP contribution in [0.5, 0.6) is 11.5 Å². The molecule has 1 N–H and O–H groups in total. The van der Waals surface area contributed by atoms with Gasteiger partial charge in [-0.05, 0) is 57.2 Å². The Morgan fingerprint density at radius 1 is 1.05 bits per heavy atom. The quantitative estimate of drug-likeness (QED) is 0.204. The number of fused-ring (bicyclic) bond motifs is 2. The van der Waals surface area contributed by atoms with E-state index in [0.717, 1.165) is 5.39 Å². The van der Waals surface area contributed by atoms with Gasteiger partial charge in [0.2, 0.25) is 0 Å². The number of hydrogen-bond donors (Lipinski definition) is 1. The van der Waals surface area contributed by atoms with Gasteiger partial charge in [0.1, 0.15) is 22.9 Å². The number of benzene rings is 2. The van der Waals surface area contributed by atoms with Gasteiger partial charge in [0, 0.05) is 45.2 Å². The molecule has 5 rings (SSSR count). The Balaban J connectivity index is 1.41. The Labute approximate surface area is 247 Å². The fourth-order valence-corrected chi connectivity index (χ4v) is 5.20. The number of pyridine rings is 1. The van der Waals surface area contributed by atoms with E-state index >= 15 is 0 Å². The SMILES string of the molecule is COc1ccc2c(OCc3nnc4ccc(-c5ccc([C@@H](N[S@@+]([O-])C(C)(C)C)C(F)(F)F)c(Cl)c5)nn34)ccnc2c1. The highest BCUT2D eigenvalue weighted by Gasteiger charge is 2.46. The first-order valence-electron chi connectivity index (χ1n) is 12.7. The van der Waals surface area contributed by atoms with E-state index in [4.69, 9.17) is 21.1 Å². The summed E-state index contributed by atoms with van der Waals surface area (Å²) in [6.45, 7) is 4.78. The van der Waals surface area contributed by atoms with Crippen molar-refractivity contribution in [2.45, 2.75) is 44.3 Å². The minimum Gasteiger partial charge on any atom is -0.598 e. The Morgan fingerprint density at radius 3 is 2.52 bits per heavy atom. The predicted octanol–water partition coefficient (Wildman–Crippen LogP) is 6.24. The van der Waals surface area contributed by atoms with Gasteiger partial charge in [0.15, 0.2) is 17.5 Å². The molecule has 0 saturated heterocycles. The summed E-state index contributed by atoms with van der Waals surface area (Å²) >= 11 is 4.38. The molecule has 2 atom stereocenters. The first kappa shape index (κ1) is 29.8. The topological polar surface area (TPSA) is 110 Å². The lowest BCUT2D eigenvalue weighted by atomic mass is 10.0. The van der Waals surface area contributed by atoms with Gasteiger partial charge in [-0.25, -0.2) is 0 Å². The van der Waals surface area contributed by atoms with Gasteiger partial charge in [0.25, 0.3) is 0 Å². The van der Waals surface area contributed by atoms with Crippen molar-refractivity contribution in [1.82, 2.24) is 29.5 Å². The van der Waals surface area contributed by atoms with E-state index in [-0.39, 0.29) is 17.2 Å². The van der Waals surface area contributed by atoms with Crippen molar-refractivity contribution in [3.05, 3.63) is 77.2 Å². The van der Waals surface area contributed by atoms with Crippen LogP contribution in [0.25, 0.3) is 27.8 Å². The molecule has 9 nitrogen and oxygen atoms in total. The van der Waals surface area contributed by atoms with Crippen molar-refractivity contribution in [2.24, 2.45) is 0 Å². The molecule has 3 aromatic heterocycles. The van der Waals surface area contributed by atoms with Gasteiger partial charge in [-0.2, -0.15) is 22.8 Å². The minimum atomic E-state index is -4.73. The maximum Gasteiger partial charge on any atom is 0.412 e. The zero-order valence-electron chi connectivity index (χ0n) is 22.9. The average Bonchev–Trinajstić information content (AvgIpc) is 3.35. The number of ether oxygens (including phenoxy) is 2. The second-order valence-corrected chi connectivity index (χ2v) is 12.7. The number of methoxy groups -OCH3 is 1. The van der Waals surface area contributed by atoms with Crippen LogP contribution in [0, 0.1) is 0 Å². The highest BCUT2D eigenvalue weighted by molar-refractivity contribution is 7.90. The number of rotatable bonds is 8. The van der Waals surface area contributed by atoms with Gasteiger partial charge in [-0.1, -0.05) is 23.7 Å². The number of hydrogen-bond acceptors (Lipinski definition) is 8. The molecule has 0 radical (unpaired) electrons. The zero-order chi connectivity index (χ0) is 30.2. The van der Waals surface area contributed by atoms with Gasteiger partial charge in [-0.15, -0.1) is 14.9 Å². The van der Waals surface area contributed by atoms with E-state index in [2.05, 4.69) is 25.0 Å². The third kappa shape index (κ3) is 6.24. The monoisotopic (exact) mass is 618 g/mol. The zero-order valence-corrected chi connectivity index (χ0v) is 24.5. The number of nitrogens with one attached hydrogen (secondary N) is 1. The fraction of sp³-hybridized carbons (Fsp3) is 0.286. The molecule has 0 fully saturated rings. The van der Waals surface area contributed by atoms with Crippen LogP contribution in [-0.2, 0) is 18.0 Å². The maximum absolute atomic E-state index is 14.0. The summed E-state index contributed by atoms with van der Waals surface area (Å²) in [5.41, 5.74) is 1.81. The summed E-state index contributed by atoms with van der Waals surface area (Å²) in [5.74, 6) is 1.66. The molecule has 0 aliphatic carbocycles. The molecule has 0 aliphatic rings. The summed E-state index contributed by atoms with van der Waals surface area (Å²) in [5, 5.41) is 13.5. The van der Waals surface area contributed by atoms with Crippen molar-refractivity contribution in [1.29, 1.82) is 0 Å². The van der Waals surface area contributed by atoms with Gasteiger partial charge in [-0.3, -0.25) is 4.98 Å². The summed E-state index contributed by atoms with van der Waals surface area (Å²) in [4.78, 5) is 4.35. The average molecular weight is 619 g/mol. The normalized spacial score (nSPS) is 13.8. The van der Waals surface area contributed by atoms with Crippen molar-refractivity contribution in [3.63, 3.8) is 0 Å². The van der Waals surface area contributed by atoms with Gasteiger partial charge < -0.3 is 14.0 Å². The Hall–Kier alpha value is -3.65. The van der Waals surface area contributed by atoms with Crippen LogP contribution in [0.1, 0.15) is 38.2 Å². The van der Waals surface area contributed by atoms with Crippen LogP contribution in [0.2, 0.25) is 5.02 Å². The number of aromatic nitrogens is 5. The summed E-state index contributed by atoms with van der Waals surface area (Å²) in [7, 11) is 1.58. The second kappa shape index (κ2) is 11.6. The van der Waals surface area contributed by atoms with Crippen LogP contribution < -0.4 is 14.2 Å². The fourth-order valence-electron chi connectivity index (χ4n) is 4.09. The molecule has 0 bridgehead atoms. The number of nitrogens with zero attached hydrogens (tertiary/aromatic N) is 5. The molecule has 14 heteroatoms. The van der Waals surface area contributed by atoms with Crippen LogP contribution in [-0.4, -0.2) is 47.4 Å². The lowest BCUT2D eigenvalue weighted by Gasteiger charge is -2.29. The molecule has 0 spiro atoms. The molecule has 3 heterocycles. The standard InChI is InChI=1S/C28H26ClF3N6O3S/c1-27(2,3)42(39)37-26(28(30,31)32)18-7-5-16(13-20(18)29)21-9-10-24-34-35-25(38(24)36-21)15-41-23-11-12-33-22-14-17(40-4)6-8-19(22)23/h5-14,26,37H,15H2,1-4H3/t26-,42+/m1/s1. The highest BCUT2D eigenvalue weighted by Crippen LogP contribution is 2.39. The highest BCUT2D eigenvalue weighted by atomic mass is 35.5. The molecule has 0 saturated carbocycles. The van der Waals surface area contributed by atoms with Crippen molar-refractivity contribution in [3.8, 4) is 22.8 Å². The Kier molecular flexibility index (Phi) is 8.21. The summed E-state index contributed by atoms with van der Waals surface area (Å²) in [6, 6.07) is 12.5. The molecule has 220 valence electrons. The predicted molar refractivity (Wildman–Crippen MR) is 154 cm³/mol. The van der Waals surface area contributed by atoms with E-state index in [9.17, 15) is 17.7 Å². The largest absolute Gasteiger partial charge is 0.598 e. The van der Waals surface area contributed by atoms with E-state index in [1.54, 1.807) is 58.3 Å². The molecule has 2 aromatic carbocycles. The van der Waals surface area contributed by atoms with Crippen molar-refractivity contribution >= 4 is 39.5 Å². The molecule has 0 aliphatic heterocycles. The van der Waals surface area contributed by atoms with E-state index < -0.39 is 28.3 Å². The summed E-state index contributed by atoms with van der Waals surface area (Å²) in [6.07, 6.45) is -3.10. The second-order valence-electron chi connectivity index (χ2n) is 10.3. The minimum absolute atomic E-state index is 0.0340. The van der Waals surface area contributed by atoms with Crippen molar-refractivity contribution in [2.75, 3.05) is 7.11 Å². The summed E-state index contributed by atoms with van der Waals surface area (Å²) < 4.78 is 68.4. The maximum atomic E-state index is 14.0. The number of halogens is 4. The van der Waals surface area contributed by atoms with Crippen LogP contribution in [0.15, 0.2) is 60.8 Å². The van der Waals surface area contributed by atoms with Crippen LogP contribution >= 0.6 is 11.6 Å². The molecule has 0 amide bonds. The van der Waals surface area contributed by atoms with E-state index in [1.807, 2.05) is 12.1 Å². The third-order valence-corrected chi connectivity index (χ3v) is 8.20. The lowest BCUT2D eigenvalue weighted by molar-refractivity contribution is -0.153. The van der Waals surface area contributed by atoms with Crippen molar-refractivity contribution < 1.29 is 27.2 Å². The first-order valence-corrected chi connectivity index (χ1v) is 14.2. The molecule has 0 unspecified atom stereocenters. The Bertz CT molecular complexity index is 1740. The molecule has 42 heavy (non-hydrogen) atoms. The van der Waals surface area contributed by atoms with Crippen LogP contribution in [0.4, 0.5) is 13.2 Å². The van der Waals surface area contributed by atoms with E-state index in [0.29, 0.717) is 39.7 Å². The number of alkyl halides is 3. The smallest absolute Gasteiger partial charge is 0.412 e. The lowest BCUT2D eigenvalue weighted by Crippen LogP contribution is -2.45. The van der Waals surface area contributed by atoms with Gasteiger partial charge in [0.05, 0.1) is 18.3 Å². The third-order valence-electron chi connectivity index (χ3n) is 6.31.